The molecule has 4 heterocycles. The zero-order valence-corrected chi connectivity index (χ0v) is 21.1. The van der Waals surface area contributed by atoms with Crippen molar-refractivity contribution in [2.24, 2.45) is 0 Å². The van der Waals surface area contributed by atoms with Gasteiger partial charge < -0.3 is 10.6 Å². The third-order valence-corrected chi connectivity index (χ3v) is 7.16. The van der Waals surface area contributed by atoms with Crippen LogP contribution in [0.2, 0.25) is 0 Å². The number of allylic oxidation sites excluding steroid dienone is 5. The Morgan fingerprint density at radius 3 is 2.87 bits per heavy atom. The molecule has 1 aromatic carbocycles. The largest absolute Gasteiger partial charge is 0.351 e. The SMILES string of the molecule is C=C/C=C\C=C(/C)Nc1nn(Cc2ccc(-c3ncccc3F)cc2)c2c1c(=O)nc1n2[C@H]2CCC[C@H]2N1. The summed E-state index contributed by atoms with van der Waals surface area (Å²) in [6, 6.07) is 11.1. The molecular weight excluding hydrogens is 481 g/mol. The van der Waals surface area contributed by atoms with Gasteiger partial charge >= 0.3 is 0 Å². The van der Waals surface area contributed by atoms with Crippen molar-refractivity contribution in [2.45, 2.75) is 44.8 Å². The van der Waals surface area contributed by atoms with E-state index in [0.29, 0.717) is 35.0 Å². The first-order chi connectivity index (χ1) is 18.5. The normalized spacial score (nSPS) is 18.5. The molecule has 192 valence electrons. The van der Waals surface area contributed by atoms with E-state index in [2.05, 4.69) is 31.7 Å². The second-order valence-electron chi connectivity index (χ2n) is 9.69. The van der Waals surface area contributed by atoms with E-state index in [1.807, 2.05) is 54.1 Å². The number of fused-ring (bicyclic) bond motifs is 5. The number of hydrogen-bond acceptors (Lipinski definition) is 6. The number of pyridine rings is 1. The summed E-state index contributed by atoms with van der Waals surface area (Å²) < 4.78 is 18.3. The quantitative estimate of drug-likeness (QED) is 0.324. The third-order valence-electron chi connectivity index (χ3n) is 7.16. The van der Waals surface area contributed by atoms with Gasteiger partial charge in [-0.2, -0.15) is 10.1 Å². The van der Waals surface area contributed by atoms with Crippen LogP contribution < -0.4 is 16.2 Å². The van der Waals surface area contributed by atoms with E-state index in [9.17, 15) is 9.18 Å². The van der Waals surface area contributed by atoms with Crippen molar-refractivity contribution in [3.63, 3.8) is 0 Å². The predicted octanol–water partition coefficient (Wildman–Crippen LogP) is 5.42. The number of anilines is 2. The molecule has 9 heteroatoms. The van der Waals surface area contributed by atoms with Gasteiger partial charge in [-0.05, 0) is 50.0 Å². The summed E-state index contributed by atoms with van der Waals surface area (Å²) in [6.07, 6.45) is 12.1. The number of halogens is 1. The Hall–Kier alpha value is -4.53. The lowest BCUT2D eigenvalue weighted by Crippen LogP contribution is -2.17. The maximum atomic E-state index is 14.2. The highest BCUT2D eigenvalue weighted by Crippen LogP contribution is 2.41. The molecule has 4 aromatic rings. The molecule has 0 amide bonds. The molecule has 2 atom stereocenters. The summed E-state index contributed by atoms with van der Waals surface area (Å²) in [7, 11) is 0. The van der Waals surface area contributed by atoms with Gasteiger partial charge in [-0.1, -0.05) is 49.1 Å². The van der Waals surface area contributed by atoms with Crippen LogP contribution in [0.25, 0.3) is 22.3 Å². The summed E-state index contributed by atoms with van der Waals surface area (Å²) in [6.45, 7) is 6.04. The van der Waals surface area contributed by atoms with Gasteiger partial charge in [0.25, 0.3) is 5.56 Å². The molecule has 1 aliphatic heterocycles. The molecule has 0 radical (unpaired) electrons. The average molecular weight is 510 g/mol. The van der Waals surface area contributed by atoms with Gasteiger partial charge in [0.15, 0.2) is 5.82 Å². The lowest BCUT2D eigenvalue weighted by Gasteiger charge is -2.15. The van der Waals surface area contributed by atoms with E-state index in [-0.39, 0.29) is 23.5 Å². The zero-order valence-electron chi connectivity index (χ0n) is 21.1. The van der Waals surface area contributed by atoms with Crippen molar-refractivity contribution >= 4 is 22.8 Å². The molecule has 3 aromatic heterocycles. The van der Waals surface area contributed by atoms with Crippen molar-refractivity contribution in [1.29, 1.82) is 0 Å². The second kappa shape index (κ2) is 9.74. The molecule has 38 heavy (non-hydrogen) atoms. The van der Waals surface area contributed by atoms with Gasteiger partial charge in [-0.25, -0.2) is 9.07 Å². The van der Waals surface area contributed by atoms with E-state index < -0.39 is 0 Å². The van der Waals surface area contributed by atoms with Gasteiger partial charge in [0, 0.05) is 23.5 Å². The molecule has 0 spiro atoms. The van der Waals surface area contributed by atoms with Crippen molar-refractivity contribution in [3.05, 3.63) is 101 Å². The highest BCUT2D eigenvalue weighted by molar-refractivity contribution is 5.89. The molecule has 1 aliphatic carbocycles. The van der Waals surface area contributed by atoms with E-state index >= 15 is 0 Å². The van der Waals surface area contributed by atoms with Crippen molar-refractivity contribution in [2.75, 3.05) is 10.6 Å². The van der Waals surface area contributed by atoms with Crippen LogP contribution in [0, 0.1) is 5.82 Å². The lowest BCUT2D eigenvalue weighted by atomic mass is 10.1. The Balaban J connectivity index is 1.43. The third kappa shape index (κ3) is 4.19. The fourth-order valence-corrected chi connectivity index (χ4v) is 5.44. The summed E-state index contributed by atoms with van der Waals surface area (Å²) in [5.74, 6) is 0.718. The summed E-state index contributed by atoms with van der Waals surface area (Å²) in [5.41, 5.74) is 3.25. The Bertz CT molecular complexity index is 1650. The first kappa shape index (κ1) is 23.8. The summed E-state index contributed by atoms with van der Waals surface area (Å²) >= 11 is 0. The molecule has 1 saturated carbocycles. The molecule has 0 saturated heterocycles. The van der Waals surface area contributed by atoms with Crippen LogP contribution in [0.15, 0.2) is 84.0 Å². The van der Waals surface area contributed by atoms with Crippen molar-refractivity contribution in [3.8, 4) is 11.3 Å². The van der Waals surface area contributed by atoms with Crippen LogP contribution in [0.5, 0.6) is 0 Å². The van der Waals surface area contributed by atoms with Crippen LogP contribution in [-0.2, 0) is 6.54 Å². The standard InChI is InChI=1S/C29H28FN7O/c1-3-4-5-8-18(2)32-26-24-27(38)34-29-33-22-10-6-11-23(22)37(29)28(24)36(35-26)17-19-12-14-20(15-13-19)25-21(30)9-7-16-31-25/h3-5,7-9,12-16,22-23H,1,6,10-11,17H2,2H3,(H,32,35)(H,33,34,38)/b5-4-,18-8+/t22-,23+/m1/s1. The van der Waals surface area contributed by atoms with Crippen LogP contribution in [0.4, 0.5) is 16.2 Å². The van der Waals surface area contributed by atoms with Gasteiger partial charge in [-0.3, -0.25) is 14.3 Å². The number of nitrogens with zero attached hydrogens (tertiary/aromatic N) is 5. The topological polar surface area (TPSA) is 89.7 Å². The highest BCUT2D eigenvalue weighted by Gasteiger charge is 2.39. The molecular formula is C29H28FN7O. The van der Waals surface area contributed by atoms with E-state index in [4.69, 9.17) is 5.10 Å². The summed E-state index contributed by atoms with van der Waals surface area (Å²) in [4.78, 5) is 21.8. The van der Waals surface area contributed by atoms with Gasteiger partial charge in [0.1, 0.15) is 22.5 Å². The van der Waals surface area contributed by atoms with Crippen molar-refractivity contribution in [1.82, 2.24) is 24.3 Å². The minimum Gasteiger partial charge on any atom is -0.351 e. The van der Waals surface area contributed by atoms with E-state index in [1.54, 1.807) is 18.3 Å². The fourth-order valence-electron chi connectivity index (χ4n) is 5.44. The average Bonchev–Trinajstić information content (AvgIpc) is 3.59. The second-order valence-corrected chi connectivity index (χ2v) is 9.69. The highest BCUT2D eigenvalue weighted by atomic mass is 19.1. The molecule has 2 aliphatic rings. The first-order valence-electron chi connectivity index (χ1n) is 12.8. The minimum atomic E-state index is -0.360. The van der Waals surface area contributed by atoms with Gasteiger partial charge in [0.05, 0.1) is 12.6 Å². The van der Waals surface area contributed by atoms with Crippen LogP contribution in [0.1, 0.15) is 37.8 Å². The van der Waals surface area contributed by atoms with E-state index in [1.165, 1.54) is 6.07 Å². The first-order valence-corrected chi connectivity index (χ1v) is 12.8. The summed E-state index contributed by atoms with van der Waals surface area (Å²) in [5, 5.41) is 12.1. The molecule has 6 rings (SSSR count). The maximum Gasteiger partial charge on any atom is 0.287 e. The zero-order chi connectivity index (χ0) is 26.2. The monoisotopic (exact) mass is 509 g/mol. The number of hydrogen-bond donors (Lipinski definition) is 2. The van der Waals surface area contributed by atoms with Gasteiger partial charge in [0.2, 0.25) is 5.95 Å². The minimum absolute atomic E-state index is 0.227. The van der Waals surface area contributed by atoms with Gasteiger partial charge in [-0.15, -0.1) is 0 Å². The van der Waals surface area contributed by atoms with Crippen LogP contribution in [0.3, 0.4) is 0 Å². The molecule has 1 fully saturated rings. The molecule has 0 bridgehead atoms. The molecule has 0 unspecified atom stereocenters. The Kier molecular flexibility index (Phi) is 6.11. The molecule has 8 nitrogen and oxygen atoms in total. The van der Waals surface area contributed by atoms with Crippen LogP contribution >= 0.6 is 0 Å². The van der Waals surface area contributed by atoms with E-state index in [0.717, 1.165) is 36.2 Å². The Labute approximate surface area is 219 Å². The number of nitrogens with one attached hydrogen (secondary N) is 2. The maximum absolute atomic E-state index is 14.2. The fraction of sp³-hybridized carbons (Fsp3) is 0.241. The predicted molar refractivity (Wildman–Crippen MR) is 148 cm³/mol. The smallest absolute Gasteiger partial charge is 0.287 e. The van der Waals surface area contributed by atoms with Crippen LogP contribution in [-0.4, -0.2) is 30.4 Å². The Morgan fingerprint density at radius 1 is 1.24 bits per heavy atom. The molecule has 2 N–H and O–H groups in total. The number of rotatable bonds is 7. The van der Waals surface area contributed by atoms with Crippen molar-refractivity contribution < 1.29 is 4.39 Å². The number of benzene rings is 1. The Morgan fingerprint density at radius 2 is 2.08 bits per heavy atom. The number of aromatic nitrogens is 5. The lowest BCUT2D eigenvalue weighted by molar-refractivity contribution is 0.530.